The van der Waals surface area contributed by atoms with Crippen LogP contribution in [-0.2, 0) is 9.59 Å². The Kier molecular flexibility index (Phi) is 7.55. The molecule has 9 heteroatoms. The highest BCUT2D eigenvalue weighted by molar-refractivity contribution is 9.10. The molecule has 0 saturated carbocycles. The van der Waals surface area contributed by atoms with Crippen LogP contribution >= 0.6 is 15.9 Å². The fraction of sp³-hybridized carbons (Fsp3) is 0.269. The van der Waals surface area contributed by atoms with Crippen molar-refractivity contribution < 1.29 is 14.3 Å². The molecule has 2 aromatic carbocycles. The zero-order valence-corrected chi connectivity index (χ0v) is 21.6. The second-order valence-corrected chi connectivity index (χ2v) is 9.21. The van der Waals surface area contributed by atoms with E-state index >= 15 is 0 Å². The van der Waals surface area contributed by atoms with E-state index in [4.69, 9.17) is 4.74 Å². The first kappa shape index (κ1) is 24.5. The number of aromatic nitrogens is 1. The van der Waals surface area contributed by atoms with Gasteiger partial charge in [0.2, 0.25) is 0 Å². The molecular formula is C26H28BrN5O3. The smallest absolute Gasteiger partial charge is 0.329 e. The average Bonchev–Trinajstić information content (AvgIpc) is 3.16. The summed E-state index contributed by atoms with van der Waals surface area (Å²) < 4.78 is 8.54. The van der Waals surface area contributed by atoms with Crippen LogP contribution in [0.25, 0.3) is 5.69 Å². The van der Waals surface area contributed by atoms with Gasteiger partial charge in [0.15, 0.2) is 0 Å². The molecule has 1 fully saturated rings. The number of benzene rings is 2. The van der Waals surface area contributed by atoms with Gasteiger partial charge in [-0.25, -0.2) is 5.43 Å². The second-order valence-electron chi connectivity index (χ2n) is 8.29. The van der Waals surface area contributed by atoms with E-state index in [1.165, 1.54) is 0 Å². The Hall–Kier alpha value is -3.59. The first-order valence-electron chi connectivity index (χ1n) is 11.3. The van der Waals surface area contributed by atoms with E-state index in [9.17, 15) is 9.59 Å². The number of amides is 2. The van der Waals surface area contributed by atoms with E-state index in [-0.39, 0.29) is 0 Å². The molecule has 1 N–H and O–H groups in total. The summed E-state index contributed by atoms with van der Waals surface area (Å²) in [7, 11) is 1.64. The summed E-state index contributed by atoms with van der Waals surface area (Å²) in [5, 5.41) is 4.05. The zero-order valence-electron chi connectivity index (χ0n) is 20.0. The summed E-state index contributed by atoms with van der Waals surface area (Å²) in [4.78, 5) is 28.8. The van der Waals surface area contributed by atoms with Crippen LogP contribution in [0.4, 0.5) is 5.69 Å². The Labute approximate surface area is 213 Å². The molecule has 1 aliphatic heterocycles. The van der Waals surface area contributed by atoms with Crippen LogP contribution < -0.4 is 15.1 Å². The maximum atomic E-state index is 12.6. The van der Waals surface area contributed by atoms with Crippen molar-refractivity contribution in [2.75, 3.05) is 38.2 Å². The fourth-order valence-electron chi connectivity index (χ4n) is 4.32. The summed E-state index contributed by atoms with van der Waals surface area (Å²) in [5.41, 5.74) is 7.28. The SMILES string of the molecule is COc1ccccc1N1CCN(C(=O)C(=O)N/N=C\c2cc(C)n(-c3cccc(Br)c3)c2C)CC1. The first-order chi connectivity index (χ1) is 16.9. The number of hydrogen-bond acceptors (Lipinski definition) is 5. The highest BCUT2D eigenvalue weighted by Gasteiger charge is 2.27. The molecule has 1 saturated heterocycles. The van der Waals surface area contributed by atoms with Gasteiger partial charge in [0, 0.05) is 53.3 Å². The first-order valence-corrected chi connectivity index (χ1v) is 12.1. The number of nitrogens with zero attached hydrogens (tertiary/aromatic N) is 4. The third kappa shape index (κ3) is 5.40. The molecule has 0 atom stereocenters. The van der Waals surface area contributed by atoms with Crippen molar-refractivity contribution >= 4 is 39.6 Å². The van der Waals surface area contributed by atoms with Crippen LogP contribution in [0, 0.1) is 13.8 Å². The van der Waals surface area contributed by atoms with E-state index in [0.29, 0.717) is 26.2 Å². The molecule has 1 aliphatic rings. The standard InChI is InChI=1S/C26H28BrN5O3/c1-18-15-20(19(2)32(18)22-8-6-7-21(27)16-22)17-28-29-25(33)26(34)31-13-11-30(12-14-31)23-9-4-5-10-24(23)35-3/h4-10,15-17H,11-14H2,1-3H3,(H,29,33)/b28-17-. The number of anilines is 1. The number of hydrogen-bond donors (Lipinski definition) is 1. The van der Waals surface area contributed by atoms with Gasteiger partial charge in [-0.15, -0.1) is 0 Å². The van der Waals surface area contributed by atoms with Crippen LogP contribution in [0.3, 0.4) is 0 Å². The van der Waals surface area contributed by atoms with E-state index in [1.807, 2.05) is 68.4 Å². The number of carbonyl (C=O) groups excluding carboxylic acids is 2. The predicted molar refractivity (Wildman–Crippen MR) is 140 cm³/mol. The minimum absolute atomic E-state index is 0.446. The van der Waals surface area contributed by atoms with Crippen LogP contribution in [0.15, 0.2) is 64.2 Å². The molecule has 1 aromatic heterocycles. The molecule has 4 rings (SSSR count). The number of nitrogens with one attached hydrogen (secondary N) is 1. The maximum Gasteiger partial charge on any atom is 0.329 e. The molecule has 2 amide bonds. The number of ether oxygens (including phenoxy) is 1. The lowest BCUT2D eigenvalue weighted by molar-refractivity contribution is -0.146. The van der Waals surface area contributed by atoms with Gasteiger partial charge in [-0.2, -0.15) is 5.10 Å². The van der Waals surface area contributed by atoms with Gasteiger partial charge in [-0.3, -0.25) is 9.59 Å². The Bertz CT molecular complexity index is 1260. The molecule has 0 unspecified atom stereocenters. The fourth-order valence-corrected chi connectivity index (χ4v) is 4.71. The lowest BCUT2D eigenvalue weighted by Gasteiger charge is -2.36. The van der Waals surface area contributed by atoms with Crippen LogP contribution in [0.1, 0.15) is 17.0 Å². The average molecular weight is 538 g/mol. The largest absolute Gasteiger partial charge is 0.495 e. The van der Waals surface area contributed by atoms with Gasteiger partial charge in [-0.1, -0.05) is 34.1 Å². The number of rotatable bonds is 5. The lowest BCUT2D eigenvalue weighted by Crippen LogP contribution is -2.52. The molecule has 182 valence electrons. The minimum Gasteiger partial charge on any atom is -0.495 e. The number of aryl methyl sites for hydroxylation is 1. The summed E-state index contributed by atoms with van der Waals surface area (Å²) in [5.74, 6) is -0.534. The molecule has 2 heterocycles. The van der Waals surface area contributed by atoms with E-state index < -0.39 is 11.8 Å². The number of carbonyl (C=O) groups is 2. The highest BCUT2D eigenvalue weighted by atomic mass is 79.9. The second kappa shape index (κ2) is 10.8. The summed E-state index contributed by atoms with van der Waals surface area (Å²) >= 11 is 3.51. The number of piperazine rings is 1. The molecule has 0 aliphatic carbocycles. The summed E-state index contributed by atoms with van der Waals surface area (Å²) in [6.07, 6.45) is 1.57. The lowest BCUT2D eigenvalue weighted by atomic mass is 10.2. The van der Waals surface area contributed by atoms with Gasteiger partial charge in [0.25, 0.3) is 0 Å². The van der Waals surface area contributed by atoms with Gasteiger partial charge >= 0.3 is 11.8 Å². The topological polar surface area (TPSA) is 79.2 Å². The quantitative estimate of drug-likeness (QED) is 0.306. The number of methoxy groups -OCH3 is 1. The molecule has 8 nitrogen and oxygen atoms in total. The molecule has 3 aromatic rings. The third-order valence-corrected chi connectivity index (χ3v) is 6.59. The monoisotopic (exact) mass is 537 g/mol. The summed E-state index contributed by atoms with van der Waals surface area (Å²) in [6, 6.07) is 17.8. The van der Waals surface area contributed by atoms with Crippen molar-refractivity contribution in [2.45, 2.75) is 13.8 Å². The van der Waals surface area contributed by atoms with Crippen molar-refractivity contribution in [3.8, 4) is 11.4 Å². The Morgan fingerprint density at radius 3 is 2.49 bits per heavy atom. The molecule has 0 radical (unpaired) electrons. The summed E-state index contributed by atoms with van der Waals surface area (Å²) in [6.45, 7) is 6.12. The van der Waals surface area contributed by atoms with Crippen molar-refractivity contribution in [1.29, 1.82) is 0 Å². The minimum atomic E-state index is -0.743. The van der Waals surface area contributed by atoms with E-state index in [2.05, 4.69) is 35.9 Å². The molecular weight excluding hydrogens is 510 g/mol. The molecule has 0 bridgehead atoms. The zero-order chi connectivity index (χ0) is 24.9. The normalized spacial score (nSPS) is 13.8. The third-order valence-electron chi connectivity index (χ3n) is 6.09. The van der Waals surface area contributed by atoms with Gasteiger partial charge in [-0.05, 0) is 50.2 Å². The van der Waals surface area contributed by atoms with E-state index in [0.717, 1.165) is 38.5 Å². The van der Waals surface area contributed by atoms with Gasteiger partial charge in [0.1, 0.15) is 5.75 Å². The van der Waals surface area contributed by atoms with Crippen molar-refractivity contribution in [3.05, 3.63) is 76.0 Å². The van der Waals surface area contributed by atoms with Crippen LogP contribution in [-0.4, -0.2) is 60.8 Å². The molecule has 35 heavy (non-hydrogen) atoms. The van der Waals surface area contributed by atoms with Crippen LogP contribution in [0.5, 0.6) is 5.75 Å². The molecule has 0 spiro atoms. The van der Waals surface area contributed by atoms with Crippen molar-refractivity contribution in [2.24, 2.45) is 5.10 Å². The van der Waals surface area contributed by atoms with Crippen molar-refractivity contribution in [1.82, 2.24) is 14.9 Å². The maximum absolute atomic E-state index is 12.6. The number of para-hydroxylation sites is 2. The highest BCUT2D eigenvalue weighted by Crippen LogP contribution is 2.28. The van der Waals surface area contributed by atoms with Crippen molar-refractivity contribution in [3.63, 3.8) is 0 Å². The Balaban J connectivity index is 1.35. The number of halogens is 1. The predicted octanol–water partition coefficient (Wildman–Crippen LogP) is 3.66. The Morgan fingerprint density at radius 1 is 1.03 bits per heavy atom. The number of hydrazone groups is 1. The van der Waals surface area contributed by atoms with Gasteiger partial charge < -0.3 is 19.1 Å². The Morgan fingerprint density at radius 2 is 1.77 bits per heavy atom. The van der Waals surface area contributed by atoms with Gasteiger partial charge in [0.05, 0.1) is 19.0 Å². The van der Waals surface area contributed by atoms with E-state index in [1.54, 1.807) is 18.2 Å². The van der Waals surface area contributed by atoms with Crippen LogP contribution in [0.2, 0.25) is 0 Å².